The highest BCUT2D eigenvalue weighted by Crippen LogP contribution is 2.46. The molecule has 1 aliphatic rings. The molecular weight excluding hydrogens is 406 g/mol. The molecule has 0 aliphatic heterocycles. The predicted molar refractivity (Wildman–Crippen MR) is 127 cm³/mol. The van der Waals surface area contributed by atoms with E-state index in [0.29, 0.717) is 11.5 Å². The second-order valence-corrected chi connectivity index (χ2v) is 10.9. The Bertz CT molecular complexity index is 1140. The smallest absolute Gasteiger partial charge is 0.337 e. The molecule has 4 nitrogen and oxygen atoms in total. The zero-order chi connectivity index (χ0) is 22.5. The molecule has 164 valence electrons. The van der Waals surface area contributed by atoms with Crippen LogP contribution in [0, 0.1) is 6.92 Å². The Morgan fingerprint density at radius 1 is 1.16 bits per heavy atom. The van der Waals surface area contributed by atoms with Gasteiger partial charge in [-0.15, -0.1) is 11.3 Å². The first-order valence-electron chi connectivity index (χ1n) is 11.0. The van der Waals surface area contributed by atoms with Crippen molar-refractivity contribution in [2.24, 2.45) is 0 Å². The lowest BCUT2D eigenvalue weighted by atomic mass is 9.92. The number of benzene rings is 1. The first kappa shape index (κ1) is 22.0. The van der Waals surface area contributed by atoms with Gasteiger partial charge in [-0.1, -0.05) is 38.1 Å². The molecule has 5 heteroatoms. The summed E-state index contributed by atoms with van der Waals surface area (Å²) in [7, 11) is 0. The number of carboxylic acid groups (broad SMARTS) is 1. The van der Waals surface area contributed by atoms with Gasteiger partial charge in [-0.2, -0.15) is 0 Å². The van der Waals surface area contributed by atoms with Crippen LogP contribution in [0.25, 0.3) is 21.3 Å². The molecule has 31 heavy (non-hydrogen) atoms. The molecule has 1 unspecified atom stereocenters. The summed E-state index contributed by atoms with van der Waals surface area (Å²) < 4.78 is 7.17. The van der Waals surface area contributed by atoms with Crippen LogP contribution in [0.1, 0.15) is 80.3 Å². The van der Waals surface area contributed by atoms with E-state index in [-0.39, 0.29) is 0 Å². The molecule has 2 aromatic heterocycles. The van der Waals surface area contributed by atoms with E-state index in [9.17, 15) is 9.90 Å². The number of carbonyl (C=O) groups is 1. The Morgan fingerprint density at radius 2 is 1.84 bits per heavy atom. The van der Waals surface area contributed by atoms with Gasteiger partial charge in [-0.05, 0) is 69.6 Å². The van der Waals surface area contributed by atoms with Gasteiger partial charge in [0, 0.05) is 21.7 Å². The van der Waals surface area contributed by atoms with Crippen molar-refractivity contribution in [2.75, 3.05) is 0 Å². The largest absolute Gasteiger partial charge is 0.479 e. The molecule has 3 aromatic rings. The maximum absolute atomic E-state index is 12.4. The van der Waals surface area contributed by atoms with Gasteiger partial charge in [0.15, 0.2) is 6.10 Å². The number of hydrogen-bond acceptors (Lipinski definition) is 4. The standard InChI is InChI=1S/C26H31NO3S/c1-14(2)16-10-12-17(13-11-16)21-20(23(25(28)29)30-26(4,5)6)15(3)27-22-18-8-7-9-19(18)31-24(21)22/h10-14,23H,7-9H2,1-6H3,(H,28,29). The molecule has 2 heterocycles. The van der Waals surface area contributed by atoms with Gasteiger partial charge in [-0.25, -0.2) is 4.79 Å². The molecule has 0 radical (unpaired) electrons. The van der Waals surface area contributed by atoms with Crippen LogP contribution in [0.2, 0.25) is 0 Å². The zero-order valence-electron chi connectivity index (χ0n) is 19.2. The molecule has 1 aliphatic carbocycles. The number of thiophene rings is 1. The third-order valence-electron chi connectivity index (χ3n) is 5.88. The minimum absolute atomic E-state index is 0.439. The van der Waals surface area contributed by atoms with E-state index in [2.05, 4.69) is 38.1 Å². The van der Waals surface area contributed by atoms with Crippen LogP contribution in [0.5, 0.6) is 0 Å². The Balaban J connectivity index is 2.02. The molecule has 4 rings (SSSR count). The minimum Gasteiger partial charge on any atom is -0.479 e. The Morgan fingerprint density at radius 3 is 2.42 bits per heavy atom. The van der Waals surface area contributed by atoms with Gasteiger partial charge < -0.3 is 9.84 Å². The van der Waals surface area contributed by atoms with E-state index in [4.69, 9.17) is 9.72 Å². The average Bonchev–Trinajstić information content (AvgIpc) is 3.26. The van der Waals surface area contributed by atoms with Crippen LogP contribution in [0.3, 0.4) is 0 Å². The molecule has 0 saturated carbocycles. The topological polar surface area (TPSA) is 59.4 Å². The van der Waals surface area contributed by atoms with Crippen molar-refractivity contribution in [1.29, 1.82) is 0 Å². The third-order valence-corrected chi connectivity index (χ3v) is 7.18. The van der Waals surface area contributed by atoms with Crippen LogP contribution in [0.15, 0.2) is 24.3 Å². The van der Waals surface area contributed by atoms with Crippen LogP contribution in [-0.2, 0) is 22.4 Å². The highest BCUT2D eigenvalue weighted by molar-refractivity contribution is 7.19. The number of fused-ring (bicyclic) bond motifs is 3. The van der Waals surface area contributed by atoms with Crippen LogP contribution < -0.4 is 0 Å². The van der Waals surface area contributed by atoms with E-state index in [1.165, 1.54) is 22.4 Å². The highest BCUT2D eigenvalue weighted by atomic mass is 32.1. The van der Waals surface area contributed by atoms with E-state index in [0.717, 1.165) is 39.9 Å². The highest BCUT2D eigenvalue weighted by Gasteiger charge is 2.33. The number of aryl methyl sites for hydroxylation is 3. The molecule has 0 bridgehead atoms. The van der Waals surface area contributed by atoms with Crippen molar-refractivity contribution >= 4 is 27.5 Å². The minimum atomic E-state index is -1.08. The van der Waals surface area contributed by atoms with Gasteiger partial charge in [0.25, 0.3) is 0 Å². The number of nitrogens with zero attached hydrogens (tertiary/aromatic N) is 1. The molecule has 0 spiro atoms. The molecule has 0 saturated heterocycles. The first-order chi connectivity index (χ1) is 14.6. The number of rotatable bonds is 5. The molecular formula is C26H31NO3S. The van der Waals surface area contributed by atoms with Crippen molar-refractivity contribution in [3.05, 3.63) is 51.5 Å². The Hall–Kier alpha value is -2.24. The normalized spacial score (nSPS) is 14.9. The number of carboxylic acids is 1. The van der Waals surface area contributed by atoms with E-state index >= 15 is 0 Å². The first-order valence-corrected chi connectivity index (χ1v) is 11.8. The summed E-state index contributed by atoms with van der Waals surface area (Å²) in [5.74, 6) is -0.544. The fourth-order valence-corrected chi connectivity index (χ4v) is 5.85. The van der Waals surface area contributed by atoms with Gasteiger partial charge in [0.2, 0.25) is 0 Å². The lowest BCUT2D eigenvalue weighted by molar-refractivity contribution is -0.160. The number of aromatic nitrogens is 1. The average molecular weight is 438 g/mol. The van der Waals surface area contributed by atoms with Gasteiger partial charge in [-0.3, -0.25) is 4.98 Å². The second-order valence-electron chi connectivity index (χ2n) is 9.75. The van der Waals surface area contributed by atoms with Crippen molar-refractivity contribution in [1.82, 2.24) is 4.98 Å². The third kappa shape index (κ3) is 4.13. The van der Waals surface area contributed by atoms with Crippen molar-refractivity contribution in [3.8, 4) is 11.1 Å². The number of ether oxygens (including phenoxy) is 1. The quantitative estimate of drug-likeness (QED) is 0.475. The number of aliphatic carboxylic acids is 1. The predicted octanol–water partition coefficient (Wildman–Crippen LogP) is 6.82. The maximum Gasteiger partial charge on any atom is 0.337 e. The van der Waals surface area contributed by atoms with E-state index in [1.54, 1.807) is 11.3 Å². The van der Waals surface area contributed by atoms with Gasteiger partial charge in [0.05, 0.1) is 15.8 Å². The van der Waals surface area contributed by atoms with Crippen molar-refractivity contribution in [3.63, 3.8) is 0 Å². The summed E-state index contributed by atoms with van der Waals surface area (Å²) in [5, 5.41) is 10.1. The molecule has 1 N–H and O–H groups in total. The molecule has 1 atom stereocenters. The van der Waals surface area contributed by atoms with E-state index < -0.39 is 17.7 Å². The summed E-state index contributed by atoms with van der Waals surface area (Å²) in [6.45, 7) is 11.9. The van der Waals surface area contributed by atoms with Gasteiger partial charge >= 0.3 is 5.97 Å². The maximum atomic E-state index is 12.4. The van der Waals surface area contributed by atoms with Crippen molar-refractivity contribution in [2.45, 2.75) is 78.4 Å². The molecule has 1 aromatic carbocycles. The monoisotopic (exact) mass is 437 g/mol. The summed E-state index contributed by atoms with van der Waals surface area (Å²) in [5.41, 5.74) is 6.46. The molecule has 0 fully saturated rings. The lowest BCUT2D eigenvalue weighted by Crippen LogP contribution is -2.28. The second kappa shape index (κ2) is 8.03. The van der Waals surface area contributed by atoms with Crippen LogP contribution in [0.4, 0.5) is 0 Å². The Labute approximate surface area is 188 Å². The van der Waals surface area contributed by atoms with Crippen LogP contribution >= 0.6 is 11.3 Å². The fourth-order valence-electron chi connectivity index (χ4n) is 4.43. The fraction of sp³-hybridized carbons (Fsp3) is 0.462. The summed E-state index contributed by atoms with van der Waals surface area (Å²) in [4.78, 5) is 18.7. The van der Waals surface area contributed by atoms with Crippen LogP contribution in [-0.4, -0.2) is 21.7 Å². The SMILES string of the molecule is Cc1nc2c3c(sc2c(-c2ccc(C(C)C)cc2)c1C(OC(C)(C)C)C(=O)O)CCC3. The Kier molecular flexibility index (Phi) is 5.69. The zero-order valence-corrected chi connectivity index (χ0v) is 20.0. The summed E-state index contributed by atoms with van der Waals surface area (Å²) >= 11 is 1.78. The number of hydrogen-bond donors (Lipinski definition) is 1. The summed E-state index contributed by atoms with van der Waals surface area (Å²) in [6.07, 6.45) is 2.22. The lowest BCUT2D eigenvalue weighted by Gasteiger charge is -2.27. The summed E-state index contributed by atoms with van der Waals surface area (Å²) in [6, 6.07) is 8.53. The van der Waals surface area contributed by atoms with Gasteiger partial charge in [0.1, 0.15) is 0 Å². The molecule has 0 amide bonds. The van der Waals surface area contributed by atoms with Crippen molar-refractivity contribution < 1.29 is 14.6 Å². The van der Waals surface area contributed by atoms with E-state index in [1.807, 2.05) is 27.7 Å². The number of pyridine rings is 1.